The normalized spacial score (nSPS) is 25.4. The third-order valence-electron chi connectivity index (χ3n) is 6.17. The minimum Gasteiger partial charge on any atom is -0.493 e. The van der Waals surface area contributed by atoms with Gasteiger partial charge in [0.2, 0.25) is 5.89 Å². The van der Waals surface area contributed by atoms with E-state index in [4.69, 9.17) is 14.0 Å². The van der Waals surface area contributed by atoms with Crippen molar-refractivity contribution >= 4 is 0 Å². The standard InChI is InChI=1S/C22H27N3O3/c1-15-24-21(28-25-15)16-6-5-11-22(13-16,14-23)17-9-10-19(26-2)20(12-17)27-18-7-3-4-8-18/h9-10,12,16,18H,3-8,11,13H2,1-2H3/t16-,22-/m0/s1. The first kappa shape index (κ1) is 18.8. The van der Waals surface area contributed by atoms with E-state index in [0.717, 1.165) is 49.2 Å². The molecule has 0 spiro atoms. The topological polar surface area (TPSA) is 81.2 Å². The van der Waals surface area contributed by atoms with E-state index < -0.39 is 5.41 Å². The van der Waals surface area contributed by atoms with Crippen LogP contribution in [0.25, 0.3) is 0 Å². The first-order chi connectivity index (χ1) is 13.6. The molecule has 0 unspecified atom stereocenters. The molecule has 2 aliphatic carbocycles. The van der Waals surface area contributed by atoms with Crippen molar-refractivity contribution in [1.82, 2.24) is 10.1 Å². The highest BCUT2D eigenvalue weighted by Crippen LogP contribution is 2.47. The monoisotopic (exact) mass is 381 g/mol. The second-order valence-corrected chi connectivity index (χ2v) is 8.06. The average molecular weight is 381 g/mol. The zero-order valence-corrected chi connectivity index (χ0v) is 16.6. The lowest BCUT2D eigenvalue weighted by atomic mass is 9.66. The van der Waals surface area contributed by atoms with Crippen molar-refractivity contribution in [2.24, 2.45) is 0 Å². The van der Waals surface area contributed by atoms with Gasteiger partial charge in [-0.2, -0.15) is 10.2 Å². The SMILES string of the molecule is COc1ccc([C@@]2(C#N)CCC[C@H](c3nc(C)no3)C2)cc1OC1CCCC1. The first-order valence-corrected chi connectivity index (χ1v) is 10.2. The number of ether oxygens (including phenoxy) is 2. The summed E-state index contributed by atoms with van der Waals surface area (Å²) < 4.78 is 17.2. The third-order valence-corrected chi connectivity index (χ3v) is 6.17. The summed E-state index contributed by atoms with van der Waals surface area (Å²) in [6, 6.07) is 8.56. The van der Waals surface area contributed by atoms with Crippen molar-refractivity contribution in [3.8, 4) is 17.6 Å². The molecule has 0 saturated heterocycles. The Morgan fingerprint density at radius 3 is 2.68 bits per heavy atom. The highest BCUT2D eigenvalue weighted by molar-refractivity contribution is 5.47. The van der Waals surface area contributed by atoms with E-state index in [-0.39, 0.29) is 12.0 Å². The predicted octanol–water partition coefficient (Wildman–Crippen LogP) is 4.83. The van der Waals surface area contributed by atoms with Crippen molar-refractivity contribution in [3.63, 3.8) is 0 Å². The van der Waals surface area contributed by atoms with Crippen LogP contribution < -0.4 is 9.47 Å². The molecular formula is C22H27N3O3. The van der Waals surface area contributed by atoms with Crippen LogP contribution >= 0.6 is 0 Å². The molecule has 148 valence electrons. The van der Waals surface area contributed by atoms with E-state index in [1.807, 2.05) is 25.1 Å². The summed E-state index contributed by atoms with van der Waals surface area (Å²) in [6.45, 7) is 1.82. The van der Waals surface area contributed by atoms with Gasteiger partial charge < -0.3 is 14.0 Å². The summed E-state index contributed by atoms with van der Waals surface area (Å²) in [4.78, 5) is 4.41. The molecule has 0 aliphatic heterocycles. The van der Waals surface area contributed by atoms with E-state index in [9.17, 15) is 5.26 Å². The molecule has 1 aromatic carbocycles. The fourth-order valence-corrected chi connectivity index (χ4v) is 4.65. The van der Waals surface area contributed by atoms with Crippen LogP contribution in [0.2, 0.25) is 0 Å². The van der Waals surface area contributed by atoms with Gasteiger partial charge in [0.1, 0.15) is 0 Å². The molecule has 0 amide bonds. The molecular weight excluding hydrogens is 354 g/mol. The summed E-state index contributed by atoms with van der Waals surface area (Å²) in [7, 11) is 1.66. The Balaban J connectivity index is 1.63. The van der Waals surface area contributed by atoms with Gasteiger partial charge in [-0.15, -0.1) is 0 Å². The van der Waals surface area contributed by atoms with Crippen molar-refractivity contribution in [1.29, 1.82) is 5.26 Å². The maximum Gasteiger partial charge on any atom is 0.229 e. The number of nitrogens with zero attached hydrogens (tertiary/aromatic N) is 3. The smallest absolute Gasteiger partial charge is 0.229 e. The van der Waals surface area contributed by atoms with Crippen LogP contribution in [0.5, 0.6) is 11.5 Å². The van der Waals surface area contributed by atoms with Gasteiger partial charge in [0.15, 0.2) is 17.3 Å². The molecule has 6 heteroatoms. The molecule has 6 nitrogen and oxygen atoms in total. The third kappa shape index (κ3) is 3.58. The van der Waals surface area contributed by atoms with Crippen molar-refractivity contribution in [3.05, 3.63) is 35.5 Å². The molecule has 0 bridgehead atoms. The first-order valence-electron chi connectivity index (χ1n) is 10.2. The van der Waals surface area contributed by atoms with Crippen molar-refractivity contribution in [2.75, 3.05) is 7.11 Å². The molecule has 1 heterocycles. The Labute approximate surface area is 165 Å². The van der Waals surface area contributed by atoms with Gasteiger partial charge in [-0.25, -0.2) is 0 Å². The van der Waals surface area contributed by atoms with Crippen LogP contribution in [0.15, 0.2) is 22.7 Å². The molecule has 1 aromatic heterocycles. The second kappa shape index (κ2) is 7.83. The second-order valence-electron chi connectivity index (χ2n) is 8.06. The minimum atomic E-state index is -0.578. The van der Waals surface area contributed by atoms with E-state index in [1.54, 1.807) is 7.11 Å². The Hall–Kier alpha value is -2.55. The number of hydrogen-bond donors (Lipinski definition) is 0. The summed E-state index contributed by atoms with van der Waals surface area (Å²) in [5, 5.41) is 14.1. The zero-order chi connectivity index (χ0) is 19.6. The molecule has 2 aliphatic rings. The Kier molecular flexibility index (Phi) is 5.25. The average Bonchev–Trinajstić information content (AvgIpc) is 3.39. The largest absolute Gasteiger partial charge is 0.493 e. The molecule has 0 radical (unpaired) electrons. The van der Waals surface area contributed by atoms with Crippen LogP contribution in [-0.2, 0) is 5.41 Å². The summed E-state index contributed by atoms with van der Waals surface area (Å²) >= 11 is 0. The Bertz CT molecular complexity index is 866. The summed E-state index contributed by atoms with van der Waals surface area (Å²) in [5.41, 5.74) is 0.412. The van der Waals surface area contributed by atoms with E-state index in [2.05, 4.69) is 16.2 Å². The van der Waals surface area contributed by atoms with Gasteiger partial charge in [0.25, 0.3) is 0 Å². The molecule has 2 fully saturated rings. The Morgan fingerprint density at radius 2 is 2.00 bits per heavy atom. The number of hydrogen-bond acceptors (Lipinski definition) is 6. The van der Waals surface area contributed by atoms with Gasteiger partial charge in [0.05, 0.1) is 24.7 Å². The highest BCUT2D eigenvalue weighted by atomic mass is 16.5. The lowest BCUT2D eigenvalue weighted by molar-refractivity contribution is 0.199. The van der Waals surface area contributed by atoms with Gasteiger partial charge in [-0.1, -0.05) is 17.6 Å². The zero-order valence-electron chi connectivity index (χ0n) is 16.6. The maximum absolute atomic E-state index is 10.2. The van der Waals surface area contributed by atoms with Crippen molar-refractivity contribution in [2.45, 2.75) is 75.7 Å². The number of aromatic nitrogens is 2. The van der Waals surface area contributed by atoms with Crippen LogP contribution in [0.3, 0.4) is 0 Å². The Morgan fingerprint density at radius 1 is 1.18 bits per heavy atom. The van der Waals surface area contributed by atoms with Crippen LogP contribution in [-0.4, -0.2) is 23.4 Å². The number of benzene rings is 1. The van der Waals surface area contributed by atoms with Crippen molar-refractivity contribution < 1.29 is 14.0 Å². The van der Waals surface area contributed by atoms with Gasteiger partial charge in [0, 0.05) is 5.92 Å². The van der Waals surface area contributed by atoms with Gasteiger partial charge in [-0.3, -0.25) is 0 Å². The van der Waals surface area contributed by atoms with E-state index in [1.165, 1.54) is 12.8 Å². The van der Waals surface area contributed by atoms with Crippen LogP contribution in [0.4, 0.5) is 0 Å². The lowest BCUT2D eigenvalue weighted by Crippen LogP contribution is -2.31. The molecule has 2 aromatic rings. The fourth-order valence-electron chi connectivity index (χ4n) is 4.65. The summed E-state index contributed by atoms with van der Waals surface area (Å²) in [6.07, 6.45) is 8.23. The molecule has 0 N–H and O–H groups in total. The molecule has 2 saturated carbocycles. The maximum atomic E-state index is 10.2. The fraction of sp³-hybridized carbons (Fsp3) is 0.591. The molecule has 4 rings (SSSR count). The number of rotatable bonds is 5. The van der Waals surface area contributed by atoms with E-state index >= 15 is 0 Å². The van der Waals surface area contributed by atoms with Gasteiger partial charge >= 0.3 is 0 Å². The van der Waals surface area contributed by atoms with Crippen LogP contribution in [0, 0.1) is 18.3 Å². The van der Waals surface area contributed by atoms with Crippen LogP contribution in [0.1, 0.15) is 74.6 Å². The lowest BCUT2D eigenvalue weighted by Gasteiger charge is -2.35. The number of nitriles is 1. The minimum absolute atomic E-state index is 0.107. The highest BCUT2D eigenvalue weighted by Gasteiger charge is 2.41. The number of methoxy groups -OCH3 is 1. The molecule has 28 heavy (non-hydrogen) atoms. The quantitative estimate of drug-likeness (QED) is 0.738. The summed E-state index contributed by atoms with van der Waals surface area (Å²) in [5.74, 6) is 2.87. The number of aryl methyl sites for hydroxylation is 1. The molecule has 2 atom stereocenters. The predicted molar refractivity (Wildman–Crippen MR) is 103 cm³/mol. The van der Waals surface area contributed by atoms with E-state index in [0.29, 0.717) is 18.1 Å². The van der Waals surface area contributed by atoms with Gasteiger partial charge in [-0.05, 0) is 69.6 Å².